The van der Waals surface area contributed by atoms with Gasteiger partial charge in [-0.25, -0.2) is 0 Å². The molecular weight excluding hydrogens is 391 g/mol. The van der Waals surface area contributed by atoms with Crippen LogP contribution >= 0.6 is 9.90 Å². The lowest BCUT2D eigenvalue weighted by Gasteiger charge is -2.13. The van der Waals surface area contributed by atoms with Crippen LogP contribution in [0.1, 0.15) is 188 Å². The molecule has 2 saturated carbocycles. The molecule has 0 amide bonds. The zero-order chi connectivity index (χ0) is 23.1. The van der Waals surface area contributed by atoms with E-state index < -0.39 is 0 Å². The van der Waals surface area contributed by atoms with Crippen molar-refractivity contribution in [2.24, 2.45) is 11.8 Å². The Kier molecular flexibility index (Phi) is 108. The van der Waals surface area contributed by atoms with Gasteiger partial charge in [0.25, 0.3) is 0 Å². The fourth-order valence-electron chi connectivity index (χ4n) is 3.32. The zero-order valence-corrected chi connectivity index (χ0v) is 25.2. The van der Waals surface area contributed by atoms with Crippen molar-refractivity contribution in [3.63, 3.8) is 0 Å². The standard InChI is InChI=1S/2C9H18.5C2H6.2CH4.H3P/c2*1-9-7-5-3-2-4-6-8-9;5*1-2;;;/h2*9H,2-8H2,1H3;5*1-2H3;2*1H4;1H3. The average molecular weight is 469 g/mol. The summed E-state index contributed by atoms with van der Waals surface area (Å²) in [6.07, 6.45) is 20.8. The predicted octanol–water partition coefficient (Wildman–Crippen LogP) is 13.2. The minimum atomic E-state index is 0. The third kappa shape index (κ3) is 58.9. The Morgan fingerprint density at radius 2 is 0.452 bits per heavy atom. The van der Waals surface area contributed by atoms with Gasteiger partial charge in [0.2, 0.25) is 0 Å². The van der Waals surface area contributed by atoms with E-state index in [0.717, 1.165) is 11.8 Å². The van der Waals surface area contributed by atoms with Crippen molar-refractivity contribution < 1.29 is 0 Å². The second-order valence-electron chi connectivity index (χ2n) is 6.90. The highest BCUT2D eigenvalue weighted by molar-refractivity contribution is 6.92. The first-order chi connectivity index (χ1) is 13.8. The van der Waals surface area contributed by atoms with Gasteiger partial charge in [0.1, 0.15) is 0 Å². The summed E-state index contributed by atoms with van der Waals surface area (Å²) in [6.45, 7) is 24.8. The lowest BCUT2D eigenvalue weighted by molar-refractivity contribution is 0.404. The highest BCUT2D eigenvalue weighted by Crippen LogP contribution is 2.21. The molecular formula is C30H77P. The van der Waals surface area contributed by atoms with Gasteiger partial charge < -0.3 is 0 Å². The maximum Gasteiger partial charge on any atom is -0.0443 e. The Labute approximate surface area is 209 Å². The molecule has 0 aromatic heterocycles. The van der Waals surface area contributed by atoms with E-state index in [9.17, 15) is 0 Å². The van der Waals surface area contributed by atoms with Gasteiger partial charge in [0.15, 0.2) is 0 Å². The lowest BCUT2D eigenvalue weighted by Crippen LogP contribution is -1.97. The van der Waals surface area contributed by atoms with Crippen molar-refractivity contribution in [2.75, 3.05) is 0 Å². The summed E-state index contributed by atoms with van der Waals surface area (Å²) in [5.41, 5.74) is 0. The summed E-state index contributed by atoms with van der Waals surface area (Å²) in [5.74, 6) is 2.04. The van der Waals surface area contributed by atoms with Gasteiger partial charge in [-0.15, -0.1) is 0 Å². The van der Waals surface area contributed by atoms with Crippen LogP contribution in [0.4, 0.5) is 0 Å². The number of hydrogen-bond donors (Lipinski definition) is 0. The van der Waals surface area contributed by atoms with Gasteiger partial charge in [-0.3, -0.25) is 0 Å². The smallest absolute Gasteiger partial charge is 0.0443 e. The van der Waals surface area contributed by atoms with E-state index in [1.807, 2.05) is 69.2 Å². The maximum absolute atomic E-state index is 2.39. The average Bonchev–Trinajstić information content (AvgIpc) is 2.76. The van der Waals surface area contributed by atoms with Crippen molar-refractivity contribution in [3.8, 4) is 0 Å². The highest BCUT2D eigenvalue weighted by Gasteiger charge is 2.05. The molecule has 202 valence electrons. The quantitative estimate of drug-likeness (QED) is 0.310. The van der Waals surface area contributed by atoms with Gasteiger partial charge in [-0.05, 0) is 11.8 Å². The van der Waals surface area contributed by atoms with Crippen LogP contribution in [-0.2, 0) is 0 Å². The lowest BCUT2D eigenvalue weighted by atomic mass is 9.93. The molecule has 1 heteroatoms. The Morgan fingerprint density at radius 1 is 0.323 bits per heavy atom. The zero-order valence-electron chi connectivity index (χ0n) is 23.8. The van der Waals surface area contributed by atoms with Crippen LogP contribution in [0.2, 0.25) is 0 Å². The minimum Gasteiger partial charge on any atom is -0.153 e. The molecule has 0 saturated heterocycles. The monoisotopic (exact) mass is 469 g/mol. The van der Waals surface area contributed by atoms with E-state index in [-0.39, 0.29) is 24.8 Å². The molecule has 2 aliphatic rings. The molecule has 0 spiro atoms. The summed E-state index contributed by atoms with van der Waals surface area (Å²) >= 11 is 0. The molecule has 0 heterocycles. The van der Waals surface area contributed by atoms with Crippen molar-refractivity contribution in [1.29, 1.82) is 0 Å². The van der Waals surface area contributed by atoms with E-state index in [2.05, 4.69) is 13.8 Å². The van der Waals surface area contributed by atoms with Gasteiger partial charge in [-0.2, -0.15) is 9.90 Å². The van der Waals surface area contributed by atoms with Crippen LogP contribution < -0.4 is 0 Å². The molecule has 0 aromatic rings. The van der Waals surface area contributed by atoms with Gasteiger partial charge in [-0.1, -0.05) is 188 Å². The molecule has 1 atom stereocenters. The second-order valence-corrected chi connectivity index (χ2v) is 6.90. The van der Waals surface area contributed by atoms with E-state index >= 15 is 0 Å². The third-order valence-corrected chi connectivity index (χ3v) is 4.79. The van der Waals surface area contributed by atoms with E-state index in [1.165, 1.54) is 89.9 Å². The summed E-state index contributed by atoms with van der Waals surface area (Å²) in [7, 11) is 0. The Hall–Kier alpha value is 0.430. The van der Waals surface area contributed by atoms with Gasteiger partial charge >= 0.3 is 0 Å². The normalized spacial score (nSPS) is 15.5. The van der Waals surface area contributed by atoms with Crippen molar-refractivity contribution in [3.05, 3.63) is 0 Å². The third-order valence-electron chi connectivity index (χ3n) is 4.79. The van der Waals surface area contributed by atoms with Crippen LogP contribution in [0, 0.1) is 11.8 Å². The van der Waals surface area contributed by atoms with E-state index in [0.29, 0.717) is 0 Å². The molecule has 0 N–H and O–H groups in total. The van der Waals surface area contributed by atoms with Crippen LogP contribution in [0.15, 0.2) is 0 Å². The van der Waals surface area contributed by atoms with Crippen LogP contribution in [-0.4, -0.2) is 0 Å². The molecule has 1 unspecified atom stereocenters. The first-order valence-corrected chi connectivity index (χ1v) is 13.8. The van der Waals surface area contributed by atoms with Gasteiger partial charge in [0.05, 0.1) is 0 Å². The Balaban J connectivity index is -0.0000000380. The molecule has 0 radical (unpaired) electrons. The summed E-state index contributed by atoms with van der Waals surface area (Å²) in [4.78, 5) is 0. The first kappa shape index (κ1) is 53.0. The fourth-order valence-corrected chi connectivity index (χ4v) is 3.32. The summed E-state index contributed by atoms with van der Waals surface area (Å²) < 4.78 is 0. The molecule has 31 heavy (non-hydrogen) atoms. The molecule has 0 aromatic carbocycles. The summed E-state index contributed by atoms with van der Waals surface area (Å²) in [6, 6.07) is 0. The highest BCUT2D eigenvalue weighted by atomic mass is 31.0. The van der Waals surface area contributed by atoms with E-state index in [1.54, 1.807) is 0 Å². The van der Waals surface area contributed by atoms with Crippen LogP contribution in [0.25, 0.3) is 0 Å². The molecule has 2 aliphatic carbocycles. The van der Waals surface area contributed by atoms with Crippen molar-refractivity contribution in [2.45, 2.75) is 188 Å². The number of rotatable bonds is 0. The Morgan fingerprint density at radius 3 is 0.613 bits per heavy atom. The second kappa shape index (κ2) is 63.1. The van der Waals surface area contributed by atoms with Crippen LogP contribution in [0.5, 0.6) is 0 Å². The van der Waals surface area contributed by atoms with Crippen LogP contribution in [0.3, 0.4) is 0 Å². The topological polar surface area (TPSA) is 0 Å². The molecule has 2 fully saturated rings. The largest absolute Gasteiger partial charge is 0.153 e. The van der Waals surface area contributed by atoms with E-state index in [4.69, 9.17) is 0 Å². The van der Waals surface area contributed by atoms with Gasteiger partial charge in [0, 0.05) is 0 Å². The fraction of sp³-hybridized carbons (Fsp3) is 1.00. The maximum atomic E-state index is 2.39. The first-order valence-electron chi connectivity index (χ1n) is 13.8. The number of hydrogen-bond acceptors (Lipinski definition) is 0. The molecule has 0 aliphatic heterocycles. The Bertz CT molecular complexity index is 143. The molecule has 0 bridgehead atoms. The van der Waals surface area contributed by atoms with Crippen molar-refractivity contribution >= 4 is 9.90 Å². The minimum absolute atomic E-state index is 0. The predicted molar refractivity (Wildman–Crippen MR) is 164 cm³/mol. The van der Waals surface area contributed by atoms with Crippen molar-refractivity contribution in [1.82, 2.24) is 0 Å². The molecule has 0 nitrogen and oxygen atoms in total. The summed E-state index contributed by atoms with van der Waals surface area (Å²) in [5, 5.41) is 0. The molecule has 2 rings (SSSR count). The SMILES string of the molecule is C.C.CC.CC.CC.CC.CC.CC1CCCCCCC1.CC1CCCCCCC1.P.